The van der Waals surface area contributed by atoms with E-state index < -0.39 is 29.8 Å². The maximum absolute atomic E-state index is 13.6. The molecular weight excluding hydrogens is 423 g/mol. The van der Waals surface area contributed by atoms with Gasteiger partial charge in [-0.05, 0) is 17.7 Å². The molecule has 2 aromatic carbocycles. The number of benzene rings is 2. The zero-order valence-electron chi connectivity index (χ0n) is 17.7. The van der Waals surface area contributed by atoms with Crippen LogP contribution in [0, 0.1) is 29.3 Å². The van der Waals surface area contributed by atoms with E-state index >= 15 is 0 Å². The van der Waals surface area contributed by atoms with E-state index in [-0.39, 0.29) is 35.7 Å². The van der Waals surface area contributed by atoms with Crippen LogP contribution in [0.25, 0.3) is 11.3 Å². The number of ether oxygens (including phenoxy) is 2. The van der Waals surface area contributed by atoms with Crippen molar-refractivity contribution >= 4 is 0 Å². The second-order valence-corrected chi connectivity index (χ2v) is 8.11. The number of halogens is 3. The Bertz CT molecular complexity index is 1040. The fraction of sp³-hybridized carbons (Fsp3) is 0.391. The normalized spacial score (nSPS) is 25.8. The highest BCUT2D eigenvalue weighted by Crippen LogP contribution is 2.38. The van der Waals surface area contributed by atoms with Gasteiger partial charge in [-0.3, -0.25) is 0 Å². The van der Waals surface area contributed by atoms with Gasteiger partial charge in [-0.25, -0.2) is 17.9 Å². The standard InChI is InChI=1S/C23H24F3N3O3/c1-13-20(12-31-11-15-6-4-3-5-7-15)32-23(30)14(2)22(13)29-10-19(27-28-29)16-8-17(24)21(26)18(25)9-16/h3-10,13-14,20,22-23,30H,11-12H2,1-2H3/t13-,14?,20?,22-,23?/m0/s1. The highest BCUT2D eigenvalue weighted by Gasteiger charge is 2.42. The van der Waals surface area contributed by atoms with Crippen LogP contribution in [0.3, 0.4) is 0 Å². The molecule has 0 saturated carbocycles. The Balaban J connectivity index is 1.50. The average molecular weight is 447 g/mol. The van der Waals surface area contributed by atoms with Gasteiger partial charge in [0.25, 0.3) is 0 Å². The molecule has 6 nitrogen and oxygen atoms in total. The van der Waals surface area contributed by atoms with E-state index in [0.29, 0.717) is 6.61 Å². The summed E-state index contributed by atoms with van der Waals surface area (Å²) in [6.07, 6.45) is 0.0853. The van der Waals surface area contributed by atoms with Gasteiger partial charge in [0.1, 0.15) is 5.69 Å². The first-order valence-corrected chi connectivity index (χ1v) is 10.4. The quantitative estimate of drug-likeness (QED) is 0.576. The van der Waals surface area contributed by atoms with E-state index in [4.69, 9.17) is 9.47 Å². The SMILES string of the molecule is CC1C(O)OC(COCc2ccccc2)[C@H](C)[C@@H]1n1cc(-c2cc(F)c(F)c(F)c2)nn1. The molecule has 9 heteroatoms. The summed E-state index contributed by atoms with van der Waals surface area (Å²) in [4.78, 5) is 0. The van der Waals surface area contributed by atoms with Crippen LogP contribution < -0.4 is 0 Å². The zero-order chi connectivity index (χ0) is 22.8. The Labute approximate surface area is 183 Å². The molecule has 170 valence electrons. The lowest BCUT2D eigenvalue weighted by Gasteiger charge is -2.42. The van der Waals surface area contributed by atoms with Crippen molar-refractivity contribution in [3.8, 4) is 11.3 Å². The van der Waals surface area contributed by atoms with E-state index in [1.165, 1.54) is 6.20 Å². The summed E-state index contributed by atoms with van der Waals surface area (Å²) >= 11 is 0. The first-order chi connectivity index (χ1) is 15.3. The maximum Gasteiger partial charge on any atom is 0.194 e. The van der Waals surface area contributed by atoms with Gasteiger partial charge < -0.3 is 14.6 Å². The van der Waals surface area contributed by atoms with Crippen molar-refractivity contribution in [3.63, 3.8) is 0 Å². The molecule has 1 fully saturated rings. The van der Waals surface area contributed by atoms with Gasteiger partial charge >= 0.3 is 0 Å². The van der Waals surface area contributed by atoms with Gasteiger partial charge in [0.2, 0.25) is 0 Å². The number of aromatic nitrogens is 3. The third-order valence-electron chi connectivity index (χ3n) is 5.92. The molecule has 0 spiro atoms. The fourth-order valence-corrected chi connectivity index (χ4v) is 4.09. The van der Waals surface area contributed by atoms with Gasteiger partial charge in [0.05, 0.1) is 31.6 Å². The van der Waals surface area contributed by atoms with Crippen molar-refractivity contribution in [1.29, 1.82) is 0 Å². The number of aliphatic hydroxyl groups is 1. The Kier molecular flexibility index (Phi) is 6.59. The Morgan fingerprint density at radius 3 is 2.44 bits per heavy atom. The Hall–Kier alpha value is -2.75. The van der Waals surface area contributed by atoms with Crippen LogP contribution in [0.2, 0.25) is 0 Å². The molecule has 32 heavy (non-hydrogen) atoms. The van der Waals surface area contributed by atoms with Crippen molar-refractivity contribution in [2.45, 2.75) is 38.9 Å². The van der Waals surface area contributed by atoms with Crippen molar-refractivity contribution in [1.82, 2.24) is 15.0 Å². The third kappa shape index (κ3) is 4.55. The van der Waals surface area contributed by atoms with Crippen LogP contribution in [-0.2, 0) is 16.1 Å². The molecule has 3 unspecified atom stereocenters. The van der Waals surface area contributed by atoms with Gasteiger partial charge in [-0.1, -0.05) is 49.4 Å². The van der Waals surface area contributed by atoms with Gasteiger partial charge in [0, 0.05) is 17.4 Å². The monoisotopic (exact) mass is 447 g/mol. The van der Waals surface area contributed by atoms with E-state index in [2.05, 4.69) is 10.3 Å². The highest BCUT2D eigenvalue weighted by atomic mass is 19.2. The molecule has 1 aromatic heterocycles. The summed E-state index contributed by atoms with van der Waals surface area (Å²) in [7, 11) is 0. The number of hydrogen-bond acceptors (Lipinski definition) is 5. The van der Waals surface area contributed by atoms with Crippen molar-refractivity contribution < 1.29 is 27.8 Å². The van der Waals surface area contributed by atoms with Crippen LogP contribution in [-0.4, -0.2) is 39.1 Å². The van der Waals surface area contributed by atoms with Crippen LogP contribution >= 0.6 is 0 Å². The number of hydrogen-bond donors (Lipinski definition) is 1. The maximum atomic E-state index is 13.6. The first-order valence-electron chi connectivity index (χ1n) is 10.4. The van der Waals surface area contributed by atoms with Crippen LogP contribution in [0.4, 0.5) is 13.2 Å². The van der Waals surface area contributed by atoms with E-state index in [1.807, 2.05) is 44.2 Å². The molecular formula is C23H24F3N3O3. The molecule has 2 heterocycles. The third-order valence-corrected chi connectivity index (χ3v) is 5.92. The second kappa shape index (κ2) is 9.40. The first kappa shape index (κ1) is 22.4. The minimum atomic E-state index is -1.53. The summed E-state index contributed by atoms with van der Waals surface area (Å²) in [6.45, 7) is 4.47. The lowest BCUT2D eigenvalue weighted by atomic mass is 9.83. The van der Waals surface area contributed by atoms with Crippen molar-refractivity contribution in [3.05, 3.63) is 71.7 Å². The number of aliphatic hydroxyl groups excluding tert-OH is 1. The smallest absolute Gasteiger partial charge is 0.194 e. The predicted molar refractivity (Wildman–Crippen MR) is 110 cm³/mol. The fourth-order valence-electron chi connectivity index (χ4n) is 4.09. The summed E-state index contributed by atoms with van der Waals surface area (Å²) in [5, 5.41) is 18.6. The average Bonchev–Trinajstić information content (AvgIpc) is 3.26. The molecule has 5 atom stereocenters. The summed E-state index contributed by atoms with van der Waals surface area (Å²) < 4.78 is 53.6. The van der Waals surface area contributed by atoms with E-state index in [1.54, 1.807) is 4.68 Å². The number of rotatable bonds is 6. The van der Waals surface area contributed by atoms with Crippen LogP contribution in [0.5, 0.6) is 0 Å². The lowest BCUT2D eigenvalue weighted by molar-refractivity contribution is -0.236. The molecule has 0 aliphatic carbocycles. The van der Waals surface area contributed by atoms with Gasteiger partial charge in [0.15, 0.2) is 23.7 Å². The molecule has 3 aromatic rings. The van der Waals surface area contributed by atoms with E-state index in [9.17, 15) is 18.3 Å². The topological polar surface area (TPSA) is 69.4 Å². The van der Waals surface area contributed by atoms with Crippen molar-refractivity contribution in [2.24, 2.45) is 11.8 Å². The molecule has 1 aliphatic heterocycles. The Morgan fingerprint density at radius 1 is 1.06 bits per heavy atom. The zero-order valence-corrected chi connectivity index (χ0v) is 17.7. The second-order valence-electron chi connectivity index (χ2n) is 8.11. The van der Waals surface area contributed by atoms with Gasteiger partial charge in [-0.2, -0.15) is 0 Å². The van der Waals surface area contributed by atoms with Gasteiger partial charge in [-0.15, -0.1) is 5.10 Å². The Morgan fingerprint density at radius 2 is 1.75 bits per heavy atom. The van der Waals surface area contributed by atoms with Crippen LogP contribution in [0.15, 0.2) is 48.7 Å². The molecule has 0 amide bonds. The highest BCUT2D eigenvalue weighted by molar-refractivity contribution is 5.57. The van der Waals surface area contributed by atoms with E-state index in [0.717, 1.165) is 17.7 Å². The molecule has 0 radical (unpaired) electrons. The minimum absolute atomic E-state index is 0.0725. The van der Waals surface area contributed by atoms with Crippen molar-refractivity contribution in [2.75, 3.05) is 6.61 Å². The predicted octanol–water partition coefficient (Wildman–Crippen LogP) is 4.11. The molecule has 1 aliphatic rings. The van der Waals surface area contributed by atoms with Crippen LogP contribution in [0.1, 0.15) is 25.5 Å². The molecule has 4 rings (SSSR count). The summed E-state index contributed by atoms with van der Waals surface area (Å²) in [6, 6.07) is 11.2. The molecule has 0 bridgehead atoms. The largest absolute Gasteiger partial charge is 0.374 e. The lowest BCUT2D eigenvalue weighted by Crippen LogP contribution is -2.48. The number of nitrogens with zero attached hydrogens (tertiary/aromatic N) is 3. The summed E-state index contributed by atoms with van der Waals surface area (Å²) in [5.74, 6) is -4.57. The molecule has 1 N–H and O–H groups in total. The molecule has 1 saturated heterocycles. The summed E-state index contributed by atoms with van der Waals surface area (Å²) in [5.41, 5.74) is 1.30. The minimum Gasteiger partial charge on any atom is -0.374 e.